The van der Waals surface area contributed by atoms with Crippen LogP contribution in [0.25, 0.3) is 0 Å². The van der Waals surface area contributed by atoms with Crippen molar-refractivity contribution in [3.63, 3.8) is 0 Å². The van der Waals surface area contributed by atoms with Crippen LogP contribution < -0.4 is 5.73 Å². The summed E-state index contributed by atoms with van der Waals surface area (Å²) in [6.45, 7) is 2.17. The van der Waals surface area contributed by atoms with Gasteiger partial charge < -0.3 is 5.73 Å². The molecule has 0 aliphatic carbocycles. The lowest BCUT2D eigenvalue weighted by Gasteiger charge is -2.02. The van der Waals surface area contributed by atoms with Gasteiger partial charge in [-0.2, -0.15) is 0 Å². The van der Waals surface area contributed by atoms with E-state index >= 15 is 0 Å². The van der Waals surface area contributed by atoms with Crippen LogP contribution in [-0.2, 0) is 0 Å². The molecule has 0 fully saturated rings. The summed E-state index contributed by atoms with van der Waals surface area (Å²) < 4.78 is 0. The molecule has 0 aromatic heterocycles. The molecule has 1 nitrogen and oxygen atoms in total. The van der Waals surface area contributed by atoms with Gasteiger partial charge in [-0.05, 0) is 12.0 Å². The summed E-state index contributed by atoms with van der Waals surface area (Å²) in [5.74, 6) is 6.17. The summed E-state index contributed by atoms with van der Waals surface area (Å²) in [6, 6.07) is 9.86. The lowest BCUT2D eigenvalue weighted by molar-refractivity contribution is 0.825. The van der Waals surface area contributed by atoms with Crippen LogP contribution in [-0.4, -0.2) is 0 Å². The van der Waals surface area contributed by atoms with Crippen molar-refractivity contribution in [1.82, 2.24) is 0 Å². The van der Waals surface area contributed by atoms with Crippen LogP contribution in [0.1, 0.15) is 37.8 Å². The van der Waals surface area contributed by atoms with Crippen LogP contribution in [0.2, 0.25) is 0 Å². The third-order valence-electron chi connectivity index (χ3n) is 2.07. The molecular formula is C13H17N. The van der Waals surface area contributed by atoms with Crippen molar-refractivity contribution < 1.29 is 0 Å². The van der Waals surface area contributed by atoms with Crippen LogP contribution in [0.5, 0.6) is 0 Å². The molecule has 1 heteroatoms. The van der Waals surface area contributed by atoms with Crippen molar-refractivity contribution in [2.45, 2.75) is 32.2 Å². The average molecular weight is 187 g/mol. The Morgan fingerprint density at radius 1 is 1.29 bits per heavy atom. The molecule has 0 bridgehead atoms. The van der Waals surface area contributed by atoms with Gasteiger partial charge in [-0.3, -0.25) is 0 Å². The van der Waals surface area contributed by atoms with Crippen LogP contribution in [0.3, 0.4) is 0 Å². The lowest BCUT2D eigenvalue weighted by atomic mass is 10.1. The normalized spacial score (nSPS) is 11.6. The molecular weight excluding hydrogens is 170 g/mol. The van der Waals surface area contributed by atoms with Gasteiger partial charge in [0.05, 0.1) is 6.04 Å². The minimum absolute atomic E-state index is 0.131. The van der Waals surface area contributed by atoms with E-state index in [9.17, 15) is 0 Å². The highest BCUT2D eigenvalue weighted by Gasteiger charge is 1.98. The third kappa shape index (κ3) is 3.64. The first-order valence-electron chi connectivity index (χ1n) is 5.13. The van der Waals surface area contributed by atoms with Crippen molar-refractivity contribution in [3.8, 4) is 11.8 Å². The molecule has 0 aliphatic heterocycles. The topological polar surface area (TPSA) is 26.0 Å². The average Bonchev–Trinajstić information content (AvgIpc) is 2.25. The van der Waals surface area contributed by atoms with E-state index in [0.29, 0.717) is 0 Å². The maximum Gasteiger partial charge on any atom is 0.0920 e. The Balaban J connectivity index is 2.49. The van der Waals surface area contributed by atoms with Gasteiger partial charge in [0.25, 0.3) is 0 Å². The maximum absolute atomic E-state index is 5.90. The van der Waals surface area contributed by atoms with Crippen molar-refractivity contribution in [2.75, 3.05) is 0 Å². The predicted molar refractivity (Wildman–Crippen MR) is 60.7 cm³/mol. The van der Waals surface area contributed by atoms with Crippen molar-refractivity contribution in [2.24, 2.45) is 5.73 Å². The molecule has 74 valence electrons. The minimum Gasteiger partial charge on any atom is -0.314 e. The zero-order valence-electron chi connectivity index (χ0n) is 8.66. The Labute approximate surface area is 86.3 Å². The van der Waals surface area contributed by atoms with Gasteiger partial charge in [-0.15, -0.1) is 5.92 Å². The Kier molecular flexibility index (Phi) is 4.82. The Morgan fingerprint density at radius 3 is 2.64 bits per heavy atom. The molecule has 0 spiro atoms. The lowest BCUT2D eigenvalue weighted by Crippen LogP contribution is -2.06. The summed E-state index contributed by atoms with van der Waals surface area (Å²) in [5, 5.41) is 0. The highest BCUT2D eigenvalue weighted by atomic mass is 14.6. The molecule has 0 aliphatic rings. The van der Waals surface area contributed by atoms with E-state index in [1.165, 1.54) is 6.42 Å². The predicted octanol–water partition coefficient (Wildman–Crippen LogP) is 2.88. The first kappa shape index (κ1) is 10.8. The molecule has 1 aromatic carbocycles. The van der Waals surface area contributed by atoms with E-state index in [2.05, 4.69) is 18.8 Å². The second-order valence-corrected chi connectivity index (χ2v) is 3.31. The zero-order chi connectivity index (χ0) is 10.2. The first-order chi connectivity index (χ1) is 6.84. The number of benzene rings is 1. The molecule has 0 amide bonds. The molecule has 1 atom stereocenters. The van der Waals surface area contributed by atoms with E-state index in [4.69, 9.17) is 5.73 Å². The number of unbranched alkanes of at least 4 members (excludes halogenated alkanes) is 2. The molecule has 2 N–H and O–H groups in total. The fourth-order valence-corrected chi connectivity index (χ4v) is 1.19. The highest BCUT2D eigenvalue weighted by Crippen LogP contribution is 2.07. The number of hydrogen-bond acceptors (Lipinski definition) is 1. The van der Waals surface area contributed by atoms with Gasteiger partial charge >= 0.3 is 0 Å². The summed E-state index contributed by atoms with van der Waals surface area (Å²) in [6.07, 6.45) is 3.31. The van der Waals surface area contributed by atoms with Gasteiger partial charge in [-0.1, -0.05) is 49.6 Å². The minimum atomic E-state index is -0.131. The largest absolute Gasteiger partial charge is 0.314 e. The number of rotatable bonds is 3. The summed E-state index contributed by atoms with van der Waals surface area (Å²) >= 11 is 0. The van der Waals surface area contributed by atoms with Gasteiger partial charge in [0, 0.05) is 6.42 Å². The number of nitrogens with two attached hydrogens (primary N) is 1. The van der Waals surface area contributed by atoms with Gasteiger partial charge in [0.1, 0.15) is 0 Å². The molecule has 0 saturated heterocycles. The second-order valence-electron chi connectivity index (χ2n) is 3.31. The van der Waals surface area contributed by atoms with Crippen molar-refractivity contribution in [3.05, 3.63) is 35.9 Å². The standard InChI is InChI=1S/C13H17N/c1-2-3-4-8-11-13(14)12-9-6-5-7-10-12/h5-7,9-10,13H,2-4,14H2,1H3. The molecule has 14 heavy (non-hydrogen) atoms. The Bertz CT molecular complexity index is 305. The van der Waals surface area contributed by atoms with Crippen LogP contribution in [0.15, 0.2) is 30.3 Å². The highest BCUT2D eigenvalue weighted by molar-refractivity contribution is 5.26. The molecule has 1 unspecified atom stereocenters. The van der Waals surface area contributed by atoms with Crippen molar-refractivity contribution >= 4 is 0 Å². The van der Waals surface area contributed by atoms with Gasteiger partial charge in [-0.25, -0.2) is 0 Å². The van der Waals surface area contributed by atoms with Gasteiger partial charge in [0.2, 0.25) is 0 Å². The van der Waals surface area contributed by atoms with E-state index in [-0.39, 0.29) is 6.04 Å². The van der Waals surface area contributed by atoms with Gasteiger partial charge in [0.15, 0.2) is 0 Å². The Hall–Kier alpha value is -1.26. The van der Waals surface area contributed by atoms with E-state index in [0.717, 1.165) is 18.4 Å². The van der Waals surface area contributed by atoms with Crippen LogP contribution in [0, 0.1) is 11.8 Å². The molecule has 1 rings (SSSR count). The van der Waals surface area contributed by atoms with Crippen molar-refractivity contribution in [1.29, 1.82) is 0 Å². The molecule has 0 heterocycles. The third-order valence-corrected chi connectivity index (χ3v) is 2.07. The fourth-order valence-electron chi connectivity index (χ4n) is 1.19. The second kappa shape index (κ2) is 6.23. The molecule has 0 saturated carbocycles. The zero-order valence-corrected chi connectivity index (χ0v) is 8.66. The molecule has 1 aromatic rings. The number of hydrogen-bond donors (Lipinski definition) is 1. The summed E-state index contributed by atoms with van der Waals surface area (Å²) in [5.41, 5.74) is 7.00. The first-order valence-corrected chi connectivity index (χ1v) is 5.13. The van der Waals surface area contributed by atoms with Crippen LogP contribution >= 0.6 is 0 Å². The van der Waals surface area contributed by atoms with Crippen LogP contribution in [0.4, 0.5) is 0 Å². The smallest absolute Gasteiger partial charge is 0.0920 e. The Morgan fingerprint density at radius 2 is 2.00 bits per heavy atom. The van der Waals surface area contributed by atoms with E-state index in [1.807, 2.05) is 30.3 Å². The summed E-state index contributed by atoms with van der Waals surface area (Å²) in [4.78, 5) is 0. The fraction of sp³-hybridized carbons (Fsp3) is 0.385. The van der Waals surface area contributed by atoms with E-state index < -0.39 is 0 Å². The van der Waals surface area contributed by atoms with E-state index in [1.54, 1.807) is 0 Å². The monoisotopic (exact) mass is 187 g/mol. The molecule has 0 radical (unpaired) electrons. The summed E-state index contributed by atoms with van der Waals surface area (Å²) in [7, 11) is 0. The quantitative estimate of drug-likeness (QED) is 0.571. The maximum atomic E-state index is 5.90. The SMILES string of the molecule is CCCCC#CC(N)c1ccccc1.